The van der Waals surface area contributed by atoms with Crippen molar-refractivity contribution < 1.29 is 4.79 Å². The monoisotopic (exact) mass is 295 g/mol. The maximum atomic E-state index is 12.0. The van der Waals surface area contributed by atoms with E-state index < -0.39 is 0 Å². The Bertz CT molecular complexity index is 716. The normalized spacial score (nSPS) is 10.1. The zero-order valence-corrected chi connectivity index (χ0v) is 12.7. The summed E-state index contributed by atoms with van der Waals surface area (Å²) in [5, 5.41) is 14.6. The number of aryl methyl sites for hydroxylation is 1. The van der Waals surface area contributed by atoms with E-state index in [0.717, 1.165) is 5.69 Å². The van der Waals surface area contributed by atoms with Crippen LogP contribution in [0.1, 0.15) is 35.6 Å². The van der Waals surface area contributed by atoms with Gasteiger partial charge in [-0.25, -0.2) is 9.97 Å². The number of rotatable bonds is 4. The van der Waals surface area contributed by atoms with E-state index >= 15 is 0 Å². The number of benzene rings is 1. The lowest BCUT2D eigenvalue weighted by atomic mass is 10.2. The lowest BCUT2D eigenvalue weighted by Crippen LogP contribution is -2.31. The Labute approximate surface area is 129 Å². The van der Waals surface area contributed by atoms with Crippen LogP contribution in [0.4, 0.5) is 11.6 Å². The summed E-state index contributed by atoms with van der Waals surface area (Å²) in [7, 11) is 0. The number of aromatic nitrogens is 2. The van der Waals surface area contributed by atoms with Crippen molar-refractivity contribution in [2.24, 2.45) is 0 Å². The third kappa shape index (κ3) is 4.03. The SMILES string of the molecule is Cc1cc(C(=O)NC(C)C)nc(Nc2ccc(C#N)cc2)n1. The van der Waals surface area contributed by atoms with Gasteiger partial charge in [-0.1, -0.05) is 0 Å². The van der Waals surface area contributed by atoms with Crippen molar-refractivity contribution in [3.8, 4) is 6.07 Å². The van der Waals surface area contributed by atoms with Crippen LogP contribution in [0, 0.1) is 18.3 Å². The molecule has 1 aromatic heterocycles. The minimum absolute atomic E-state index is 0.0395. The first-order valence-electron chi connectivity index (χ1n) is 6.91. The Kier molecular flexibility index (Phi) is 4.69. The highest BCUT2D eigenvalue weighted by atomic mass is 16.1. The second-order valence-corrected chi connectivity index (χ2v) is 5.16. The summed E-state index contributed by atoms with van der Waals surface area (Å²) in [5.74, 6) is 0.113. The molecule has 1 amide bonds. The Morgan fingerprint density at radius 1 is 1.23 bits per heavy atom. The third-order valence-electron chi connectivity index (χ3n) is 2.78. The van der Waals surface area contributed by atoms with Gasteiger partial charge < -0.3 is 10.6 Å². The summed E-state index contributed by atoms with van der Waals surface area (Å²) >= 11 is 0. The average Bonchev–Trinajstić information content (AvgIpc) is 2.46. The lowest BCUT2D eigenvalue weighted by molar-refractivity contribution is 0.0938. The minimum Gasteiger partial charge on any atom is -0.349 e. The second-order valence-electron chi connectivity index (χ2n) is 5.16. The number of carbonyl (C=O) groups is 1. The number of amides is 1. The molecule has 0 aliphatic heterocycles. The Hall–Kier alpha value is -2.94. The van der Waals surface area contributed by atoms with Crippen molar-refractivity contribution in [3.05, 3.63) is 47.3 Å². The van der Waals surface area contributed by atoms with Crippen LogP contribution in [0.15, 0.2) is 30.3 Å². The Morgan fingerprint density at radius 2 is 1.91 bits per heavy atom. The van der Waals surface area contributed by atoms with Crippen molar-refractivity contribution in [2.45, 2.75) is 26.8 Å². The van der Waals surface area contributed by atoms with Crippen LogP contribution in [-0.2, 0) is 0 Å². The fraction of sp³-hybridized carbons (Fsp3) is 0.250. The minimum atomic E-state index is -0.233. The average molecular weight is 295 g/mol. The highest BCUT2D eigenvalue weighted by molar-refractivity contribution is 5.92. The van der Waals surface area contributed by atoms with Crippen LogP contribution < -0.4 is 10.6 Å². The quantitative estimate of drug-likeness (QED) is 0.904. The standard InChI is InChI=1S/C16H17N5O/c1-10(2)18-15(22)14-8-11(3)19-16(21-14)20-13-6-4-12(9-17)5-7-13/h4-8,10H,1-3H3,(H,18,22)(H,19,20,21). The first-order chi connectivity index (χ1) is 10.5. The van der Waals surface area contributed by atoms with E-state index in [0.29, 0.717) is 22.9 Å². The molecule has 0 bridgehead atoms. The molecule has 6 heteroatoms. The summed E-state index contributed by atoms with van der Waals surface area (Å²) in [6, 6.07) is 10.7. The van der Waals surface area contributed by atoms with Gasteiger partial charge in [-0.3, -0.25) is 4.79 Å². The Morgan fingerprint density at radius 3 is 2.50 bits per heavy atom. The van der Waals surface area contributed by atoms with Gasteiger partial charge in [0, 0.05) is 17.4 Å². The summed E-state index contributed by atoms with van der Waals surface area (Å²) in [6.07, 6.45) is 0. The molecule has 0 aliphatic carbocycles. The van der Waals surface area contributed by atoms with E-state index in [1.54, 1.807) is 37.3 Å². The largest absolute Gasteiger partial charge is 0.349 e. The zero-order chi connectivity index (χ0) is 16.1. The summed E-state index contributed by atoms with van der Waals surface area (Å²) in [5.41, 5.74) is 2.34. The van der Waals surface area contributed by atoms with Gasteiger partial charge in [0.15, 0.2) is 0 Å². The van der Waals surface area contributed by atoms with Gasteiger partial charge in [0.05, 0.1) is 11.6 Å². The molecule has 1 aromatic carbocycles. The molecule has 0 aliphatic rings. The molecule has 2 aromatic rings. The van der Waals surface area contributed by atoms with Gasteiger partial charge in [-0.05, 0) is 51.1 Å². The highest BCUT2D eigenvalue weighted by Gasteiger charge is 2.11. The van der Waals surface area contributed by atoms with Crippen molar-refractivity contribution in [2.75, 3.05) is 5.32 Å². The highest BCUT2D eigenvalue weighted by Crippen LogP contribution is 2.14. The third-order valence-corrected chi connectivity index (χ3v) is 2.78. The molecule has 0 spiro atoms. The van der Waals surface area contributed by atoms with E-state index in [2.05, 4.69) is 26.7 Å². The van der Waals surface area contributed by atoms with Crippen LogP contribution in [0.5, 0.6) is 0 Å². The summed E-state index contributed by atoms with van der Waals surface area (Å²) < 4.78 is 0. The van der Waals surface area contributed by atoms with Gasteiger partial charge >= 0.3 is 0 Å². The molecule has 0 fully saturated rings. The molecule has 22 heavy (non-hydrogen) atoms. The molecular weight excluding hydrogens is 278 g/mol. The number of anilines is 2. The number of nitriles is 1. The molecule has 0 saturated heterocycles. The van der Waals surface area contributed by atoms with Crippen LogP contribution in [0.25, 0.3) is 0 Å². The van der Waals surface area contributed by atoms with E-state index in [1.165, 1.54) is 0 Å². The van der Waals surface area contributed by atoms with E-state index in [-0.39, 0.29) is 11.9 Å². The maximum Gasteiger partial charge on any atom is 0.270 e. The molecule has 6 nitrogen and oxygen atoms in total. The molecule has 0 radical (unpaired) electrons. The van der Waals surface area contributed by atoms with Crippen LogP contribution in [0.3, 0.4) is 0 Å². The molecule has 2 rings (SSSR count). The smallest absolute Gasteiger partial charge is 0.270 e. The van der Waals surface area contributed by atoms with Gasteiger partial charge in [0.1, 0.15) is 5.69 Å². The molecule has 0 unspecified atom stereocenters. The number of carbonyl (C=O) groups excluding carboxylic acids is 1. The van der Waals surface area contributed by atoms with Crippen molar-refractivity contribution in [1.82, 2.24) is 15.3 Å². The molecule has 1 heterocycles. The van der Waals surface area contributed by atoms with Gasteiger partial charge in [0.25, 0.3) is 5.91 Å². The fourth-order valence-corrected chi connectivity index (χ4v) is 1.83. The Balaban J connectivity index is 2.22. The summed E-state index contributed by atoms with van der Waals surface area (Å²) in [6.45, 7) is 5.58. The maximum absolute atomic E-state index is 12.0. The molecular formula is C16H17N5O. The zero-order valence-electron chi connectivity index (χ0n) is 12.7. The predicted molar refractivity (Wildman–Crippen MR) is 83.8 cm³/mol. The van der Waals surface area contributed by atoms with E-state index in [1.807, 2.05) is 13.8 Å². The summed E-state index contributed by atoms with van der Waals surface area (Å²) in [4.78, 5) is 20.5. The number of hydrogen-bond acceptors (Lipinski definition) is 5. The fourth-order valence-electron chi connectivity index (χ4n) is 1.83. The van der Waals surface area contributed by atoms with Crippen molar-refractivity contribution in [1.29, 1.82) is 5.26 Å². The van der Waals surface area contributed by atoms with E-state index in [4.69, 9.17) is 5.26 Å². The van der Waals surface area contributed by atoms with E-state index in [9.17, 15) is 4.79 Å². The van der Waals surface area contributed by atoms with Gasteiger partial charge in [0.2, 0.25) is 5.95 Å². The van der Waals surface area contributed by atoms with Crippen molar-refractivity contribution >= 4 is 17.5 Å². The number of hydrogen-bond donors (Lipinski definition) is 2. The van der Waals surface area contributed by atoms with Crippen LogP contribution in [0.2, 0.25) is 0 Å². The van der Waals surface area contributed by atoms with Gasteiger partial charge in [-0.2, -0.15) is 5.26 Å². The second kappa shape index (κ2) is 6.68. The first-order valence-corrected chi connectivity index (χ1v) is 6.91. The molecule has 0 atom stereocenters. The van der Waals surface area contributed by atoms with Crippen LogP contribution >= 0.6 is 0 Å². The van der Waals surface area contributed by atoms with Crippen LogP contribution in [-0.4, -0.2) is 21.9 Å². The first kappa shape index (κ1) is 15.4. The number of nitrogens with zero attached hydrogens (tertiary/aromatic N) is 3. The molecule has 2 N–H and O–H groups in total. The van der Waals surface area contributed by atoms with Crippen molar-refractivity contribution in [3.63, 3.8) is 0 Å². The predicted octanol–water partition coefficient (Wildman–Crippen LogP) is 2.54. The molecule has 112 valence electrons. The topological polar surface area (TPSA) is 90.7 Å². The number of nitrogens with one attached hydrogen (secondary N) is 2. The van der Waals surface area contributed by atoms with Gasteiger partial charge in [-0.15, -0.1) is 0 Å². The molecule has 0 saturated carbocycles. The lowest BCUT2D eigenvalue weighted by Gasteiger charge is -2.10.